The minimum atomic E-state index is -0.299. The second kappa shape index (κ2) is 15.8. The summed E-state index contributed by atoms with van der Waals surface area (Å²) in [5.41, 5.74) is 0. The summed E-state index contributed by atoms with van der Waals surface area (Å²) in [5.74, 6) is -0.299. The fourth-order valence-corrected chi connectivity index (χ4v) is 2.70. The zero-order valence-corrected chi connectivity index (χ0v) is 15.9. The first kappa shape index (κ1) is 21.9. The summed E-state index contributed by atoms with van der Waals surface area (Å²) in [4.78, 5) is 0. The third-order valence-corrected chi connectivity index (χ3v) is 4.30. The van der Waals surface area contributed by atoms with Gasteiger partial charge in [-0.15, -0.1) is 0 Å². The number of unbranched alkanes of at least 4 members (excludes halogenated alkanes) is 7. The van der Waals surface area contributed by atoms with Crippen LogP contribution in [0.2, 0.25) is 0 Å². The molecule has 0 atom stereocenters. The molecule has 0 rings (SSSR count). The highest BCUT2D eigenvalue weighted by molar-refractivity contribution is 4.71. The summed E-state index contributed by atoms with van der Waals surface area (Å²) >= 11 is 0. The van der Waals surface area contributed by atoms with Crippen molar-refractivity contribution >= 4 is 0 Å². The summed E-state index contributed by atoms with van der Waals surface area (Å²) < 4.78 is 12.6. The smallest absolute Gasteiger partial charge is 0.168 e. The van der Waals surface area contributed by atoms with Gasteiger partial charge in [0.1, 0.15) is 0 Å². The van der Waals surface area contributed by atoms with E-state index in [0.717, 1.165) is 38.9 Å². The van der Waals surface area contributed by atoms with E-state index in [1.165, 1.54) is 57.8 Å². The maximum absolute atomic E-state index is 6.30. The van der Waals surface area contributed by atoms with Crippen molar-refractivity contribution in [2.24, 2.45) is 0 Å². The topological polar surface area (TPSA) is 18.5 Å². The standard InChI is InChI=1S/C20H42O2/c1-5-9-13-14-15-17-20(16-10-6-2,21-18-11-7-3)22-19-12-8-4/h5-19H2,1-4H3. The SMILES string of the molecule is CCCCCCCC(CCCC)(OCCCC)OCCCC. The molecule has 0 aromatic heterocycles. The van der Waals surface area contributed by atoms with Crippen LogP contribution in [-0.2, 0) is 9.47 Å². The zero-order valence-electron chi connectivity index (χ0n) is 15.9. The van der Waals surface area contributed by atoms with Gasteiger partial charge in [-0.2, -0.15) is 0 Å². The molecule has 0 saturated heterocycles. The van der Waals surface area contributed by atoms with Crippen molar-refractivity contribution in [3.8, 4) is 0 Å². The van der Waals surface area contributed by atoms with Crippen molar-refractivity contribution in [3.05, 3.63) is 0 Å². The second-order valence-corrected chi connectivity index (χ2v) is 6.58. The molecule has 22 heavy (non-hydrogen) atoms. The molecule has 0 N–H and O–H groups in total. The van der Waals surface area contributed by atoms with Gasteiger partial charge in [-0.3, -0.25) is 0 Å². The summed E-state index contributed by atoms with van der Waals surface area (Å²) in [7, 11) is 0. The second-order valence-electron chi connectivity index (χ2n) is 6.58. The molecule has 134 valence electrons. The van der Waals surface area contributed by atoms with Crippen LogP contribution in [0.15, 0.2) is 0 Å². The van der Waals surface area contributed by atoms with Gasteiger partial charge in [0.2, 0.25) is 0 Å². The molecule has 0 aliphatic carbocycles. The van der Waals surface area contributed by atoms with Gasteiger partial charge in [-0.05, 0) is 25.7 Å². The van der Waals surface area contributed by atoms with Gasteiger partial charge in [0.25, 0.3) is 0 Å². The van der Waals surface area contributed by atoms with Crippen LogP contribution in [0, 0.1) is 0 Å². The van der Waals surface area contributed by atoms with Crippen LogP contribution < -0.4 is 0 Å². The predicted molar refractivity (Wildman–Crippen MR) is 97.4 cm³/mol. The van der Waals surface area contributed by atoms with Gasteiger partial charge in [0, 0.05) is 12.8 Å². The molecule has 0 radical (unpaired) electrons. The Bertz CT molecular complexity index is 206. The Morgan fingerprint density at radius 1 is 0.500 bits per heavy atom. The average molecular weight is 315 g/mol. The Morgan fingerprint density at radius 3 is 1.45 bits per heavy atom. The van der Waals surface area contributed by atoms with Crippen LogP contribution in [0.1, 0.15) is 111 Å². The van der Waals surface area contributed by atoms with Gasteiger partial charge in [0.05, 0.1) is 13.2 Å². The fourth-order valence-electron chi connectivity index (χ4n) is 2.70. The van der Waals surface area contributed by atoms with E-state index in [4.69, 9.17) is 9.47 Å². The largest absolute Gasteiger partial charge is 0.350 e. The third kappa shape index (κ3) is 11.5. The number of rotatable bonds is 17. The maximum atomic E-state index is 6.30. The van der Waals surface area contributed by atoms with Crippen LogP contribution in [0.4, 0.5) is 0 Å². The molecule has 0 amide bonds. The minimum Gasteiger partial charge on any atom is -0.350 e. The van der Waals surface area contributed by atoms with Crippen molar-refractivity contribution in [1.29, 1.82) is 0 Å². The Labute approximate surface area is 140 Å². The van der Waals surface area contributed by atoms with E-state index in [2.05, 4.69) is 27.7 Å². The molecule has 2 nitrogen and oxygen atoms in total. The Balaban J connectivity index is 4.45. The van der Waals surface area contributed by atoms with Gasteiger partial charge in [0.15, 0.2) is 5.79 Å². The van der Waals surface area contributed by atoms with Crippen molar-refractivity contribution in [2.75, 3.05) is 13.2 Å². The average Bonchev–Trinajstić information content (AvgIpc) is 2.53. The lowest BCUT2D eigenvalue weighted by molar-refractivity contribution is -0.247. The fraction of sp³-hybridized carbons (Fsp3) is 1.00. The monoisotopic (exact) mass is 314 g/mol. The highest BCUT2D eigenvalue weighted by Gasteiger charge is 2.30. The molecule has 0 saturated carbocycles. The van der Waals surface area contributed by atoms with Crippen molar-refractivity contribution in [1.82, 2.24) is 0 Å². The minimum absolute atomic E-state index is 0.299. The normalized spacial score (nSPS) is 12.0. The summed E-state index contributed by atoms with van der Waals surface area (Å²) in [6, 6.07) is 0. The van der Waals surface area contributed by atoms with E-state index in [0.29, 0.717) is 0 Å². The molecule has 0 heterocycles. The van der Waals surface area contributed by atoms with Crippen LogP contribution in [0.5, 0.6) is 0 Å². The summed E-state index contributed by atoms with van der Waals surface area (Å²) in [6.07, 6.45) is 15.8. The lowest BCUT2D eigenvalue weighted by atomic mass is 10.00. The van der Waals surface area contributed by atoms with E-state index in [1.54, 1.807) is 0 Å². The number of ether oxygens (including phenoxy) is 2. The molecular weight excluding hydrogens is 272 g/mol. The summed E-state index contributed by atoms with van der Waals surface area (Å²) in [5, 5.41) is 0. The van der Waals surface area contributed by atoms with Gasteiger partial charge in [-0.1, -0.05) is 72.6 Å². The molecule has 0 aliphatic heterocycles. The molecule has 0 unspecified atom stereocenters. The van der Waals surface area contributed by atoms with Crippen molar-refractivity contribution in [2.45, 2.75) is 117 Å². The molecular formula is C20H42O2. The van der Waals surface area contributed by atoms with Crippen molar-refractivity contribution in [3.63, 3.8) is 0 Å². The third-order valence-electron chi connectivity index (χ3n) is 4.30. The molecule has 0 aliphatic rings. The highest BCUT2D eigenvalue weighted by atomic mass is 16.7. The van der Waals surface area contributed by atoms with E-state index >= 15 is 0 Å². The highest BCUT2D eigenvalue weighted by Crippen LogP contribution is 2.29. The van der Waals surface area contributed by atoms with Gasteiger partial charge in [-0.25, -0.2) is 0 Å². The van der Waals surface area contributed by atoms with Crippen LogP contribution >= 0.6 is 0 Å². The predicted octanol–water partition coefficient (Wildman–Crippen LogP) is 6.87. The van der Waals surface area contributed by atoms with E-state index in [9.17, 15) is 0 Å². The first-order valence-electron chi connectivity index (χ1n) is 10.0. The van der Waals surface area contributed by atoms with Crippen LogP contribution in [0.25, 0.3) is 0 Å². The van der Waals surface area contributed by atoms with E-state index in [1.807, 2.05) is 0 Å². The number of hydrogen-bond donors (Lipinski definition) is 0. The summed E-state index contributed by atoms with van der Waals surface area (Å²) in [6.45, 7) is 10.7. The lowest BCUT2D eigenvalue weighted by Gasteiger charge is -2.34. The first-order valence-corrected chi connectivity index (χ1v) is 10.0. The molecule has 0 bridgehead atoms. The van der Waals surface area contributed by atoms with Gasteiger partial charge < -0.3 is 9.47 Å². The van der Waals surface area contributed by atoms with Crippen LogP contribution in [-0.4, -0.2) is 19.0 Å². The molecule has 0 spiro atoms. The zero-order chi connectivity index (χ0) is 16.5. The quantitative estimate of drug-likeness (QED) is 0.215. The molecule has 0 aromatic carbocycles. The van der Waals surface area contributed by atoms with Gasteiger partial charge >= 0.3 is 0 Å². The lowest BCUT2D eigenvalue weighted by Crippen LogP contribution is -2.37. The van der Waals surface area contributed by atoms with Crippen molar-refractivity contribution < 1.29 is 9.47 Å². The Kier molecular flexibility index (Phi) is 15.7. The molecule has 0 fully saturated rings. The maximum Gasteiger partial charge on any atom is 0.168 e. The molecule has 2 heteroatoms. The first-order chi connectivity index (χ1) is 10.7. The van der Waals surface area contributed by atoms with Crippen LogP contribution in [0.3, 0.4) is 0 Å². The van der Waals surface area contributed by atoms with E-state index < -0.39 is 0 Å². The molecule has 0 aromatic rings. The van der Waals surface area contributed by atoms with E-state index in [-0.39, 0.29) is 5.79 Å². The Hall–Kier alpha value is -0.0800. The number of hydrogen-bond acceptors (Lipinski definition) is 2. The Morgan fingerprint density at radius 2 is 0.955 bits per heavy atom.